The summed E-state index contributed by atoms with van der Waals surface area (Å²) in [5, 5.41) is 0. The van der Waals surface area contributed by atoms with Gasteiger partial charge in [-0.1, -0.05) is 229 Å². The van der Waals surface area contributed by atoms with Gasteiger partial charge in [-0.25, -0.2) is 0 Å². The molecule has 0 aromatic rings. The standard InChI is InChI=1S/C59H102O6/c1-4-7-10-13-16-19-22-25-27-29-30-31-33-34-37-40-43-46-49-52-58(61)64-55-56(54-63-57(60)51-48-45-42-39-36-24-21-18-15-12-9-6-3)65-59(62)53-50-47-44-41-38-35-32-28-26-23-20-17-14-11-8-5-2/h7,10,16,19-20,23,25,27-28,30-32,56H,4-6,8-9,11-15,17-18,21-22,24,26,29,33-55H2,1-3H3/b10-7-,19-16-,23-20-,27-25-,31-30-,32-28-. The Bertz CT molecular complexity index is 1230. The van der Waals surface area contributed by atoms with Gasteiger partial charge in [0, 0.05) is 19.3 Å². The van der Waals surface area contributed by atoms with Crippen molar-refractivity contribution in [2.75, 3.05) is 13.2 Å². The number of hydrogen-bond acceptors (Lipinski definition) is 6. The maximum atomic E-state index is 12.8. The molecule has 0 saturated heterocycles. The molecule has 6 heteroatoms. The molecule has 6 nitrogen and oxygen atoms in total. The normalized spacial score (nSPS) is 12.6. The first-order valence-corrected chi connectivity index (χ1v) is 27.4. The van der Waals surface area contributed by atoms with Crippen molar-refractivity contribution in [1.29, 1.82) is 0 Å². The van der Waals surface area contributed by atoms with Crippen LogP contribution >= 0.6 is 0 Å². The predicted molar refractivity (Wildman–Crippen MR) is 279 cm³/mol. The molecule has 0 radical (unpaired) electrons. The van der Waals surface area contributed by atoms with Crippen molar-refractivity contribution in [3.05, 3.63) is 72.9 Å². The Morgan fingerprint density at radius 1 is 0.323 bits per heavy atom. The van der Waals surface area contributed by atoms with Gasteiger partial charge < -0.3 is 14.2 Å². The van der Waals surface area contributed by atoms with Crippen LogP contribution in [0.25, 0.3) is 0 Å². The lowest BCUT2D eigenvalue weighted by atomic mass is 10.0. The van der Waals surface area contributed by atoms with Gasteiger partial charge in [0.1, 0.15) is 13.2 Å². The topological polar surface area (TPSA) is 78.9 Å². The summed E-state index contributed by atoms with van der Waals surface area (Å²) in [5.74, 6) is -0.907. The second kappa shape index (κ2) is 53.5. The Balaban J connectivity index is 4.40. The number of unbranched alkanes of at least 4 members (excludes halogenated alkanes) is 26. The Kier molecular flexibility index (Phi) is 50.9. The Morgan fingerprint density at radius 2 is 0.600 bits per heavy atom. The van der Waals surface area contributed by atoms with E-state index in [1.165, 1.54) is 109 Å². The van der Waals surface area contributed by atoms with E-state index in [1.807, 2.05) is 0 Å². The van der Waals surface area contributed by atoms with Crippen molar-refractivity contribution in [3.8, 4) is 0 Å². The van der Waals surface area contributed by atoms with E-state index in [1.54, 1.807) is 0 Å². The molecule has 1 unspecified atom stereocenters. The molecule has 0 N–H and O–H groups in total. The quantitative estimate of drug-likeness (QED) is 0.0262. The molecule has 0 spiro atoms. The maximum Gasteiger partial charge on any atom is 0.306 e. The van der Waals surface area contributed by atoms with Gasteiger partial charge in [0.15, 0.2) is 6.10 Å². The minimum atomic E-state index is -0.787. The second-order valence-corrected chi connectivity index (χ2v) is 18.1. The van der Waals surface area contributed by atoms with Gasteiger partial charge in [-0.3, -0.25) is 14.4 Å². The molecule has 0 aliphatic rings. The lowest BCUT2D eigenvalue weighted by molar-refractivity contribution is -0.167. The average Bonchev–Trinajstić information content (AvgIpc) is 3.30. The molecule has 0 aromatic heterocycles. The molecule has 0 bridgehead atoms. The highest BCUT2D eigenvalue weighted by molar-refractivity contribution is 5.71. The molecule has 0 aliphatic heterocycles. The van der Waals surface area contributed by atoms with Crippen LogP contribution in [0.4, 0.5) is 0 Å². The maximum absolute atomic E-state index is 12.8. The molecule has 0 amide bonds. The van der Waals surface area contributed by atoms with Gasteiger partial charge >= 0.3 is 17.9 Å². The van der Waals surface area contributed by atoms with Crippen molar-refractivity contribution in [1.82, 2.24) is 0 Å². The van der Waals surface area contributed by atoms with Gasteiger partial charge in [-0.05, 0) is 89.9 Å². The fraction of sp³-hybridized carbons (Fsp3) is 0.746. The smallest absolute Gasteiger partial charge is 0.306 e. The van der Waals surface area contributed by atoms with Crippen LogP contribution in [-0.2, 0) is 28.6 Å². The van der Waals surface area contributed by atoms with Gasteiger partial charge in [-0.15, -0.1) is 0 Å². The molecule has 0 fully saturated rings. The van der Waals surface area contributed by atoms with Gasteiger partial charge in [-0.2, -0.15) is 0 Å². The number of carbonyl (C=O) groups excluding carboxylic acids is 3. The van der Waals surface area contributed by atoms with Crippen molar-refractivity contribution in [2.45, 2.75) is 271 Å². The average molecular weight is 907 g/mol. The second-order valence-electron chi connectivity index (χ2n) is 18.1. The monoisotopic (exact) mass is 907 g/mol. The highest BCUT2D eigenvalue weighted by Gasteiger charge is 2.19. The number of carbonyl (C=O) groups is 3. The van der Waals surface area contributed by atoms with Crippen LogP contribution in [0.5, 0.6) is 0 Å². The van der Waals surface area contributed by atoms with E-state index in [4.69, 9.17) is 14.2 Å². The number of allylic oxidation sites excluding steroid dienone is 12. The van der Waals surface area contributed by atoms with Gasteiger partial charge in [0.25, 0.3) is 0 Å². The van der Waals surface area contributed by atoms with Crippen molar-refractivity contribution in [3.63, 3.8) is 0 Å². The molecule has 0 rings (SSSR count). The first kappa shape index (κ1) is 61.9. The first-order chi connectivity index (χ1) is 32.0. The molecular formula is C59H102O6. The summed E-state index contributed by atoms with van der Waals surface area (Å²) >= 11 is 0. The van der Waals surface area contributed by atoms with Crippen LogP contribution in [0.1, 0.15) is 265 Å². The summed E-state index contributed by atoms with van der Waals surface area (Å²) in [7, 11) is 0. The van der Waals surface area contributed by atoms with E-state index < -0.39 is 6.10 Å². The minimum Gasteiger partial charge on any atom is -0.462 e. The van der Waals surface area contributed by atoms with Crippen LogP contribution < -0.4 is 0 Å². The van der Waals surface area contributed by atoms with Crippen molar-refractivity contribution in [2.24, 2.45) is 0 Å². The zero-order valence-electron chi connectivity index (χ0n) is 42.7. The summed E-state index contributed by atoms with van der Waals surface area (Å²) < 4.78 is 16.8. The number of ether oxygens (including phenoxy) is 3. The van der Waals surface area contributed by atoms with Crippen molar-refractivity contribution < 1.29 is 28.6 Å². The molecule has 0 aliphatic carbocycles. The van der Waals surface area contributed by atoms with Crippen LogP contribution in [0, 0.1) is 0 Å². The number of hydrogen-bond donors (Lipinski definition) is 0. The van der Waals surface area contributed by atoms with Gasteiger partial charge in [0.05, 0.1) is 0 Å². The fourth-order valence-electron chi connectivity index (χ4n) is 7.58. The van der Waals surface area contributed by atoms with E-state index in [0.717, 1.165) is 116 Å². The van der Waals surface area contributed by atoms with Crippen LogP contribution in [0.15, 0.2) is 72.9 Å². The van der Waals surface area contributed by atoms with E-state index in [0.29, 0.717) is 19.3 Å². The van der Waals surface area contributed by atoms with E-state index in [9.17, 15) is 14.4 Å². The third-order valence-electron chi connectivity index (χ3n) is 11.7. The minimum absolute atomic E-state index is 0.0840. The zero-order valence-corrected chi connectivity index (χ0v) is 42.7. The Hall–Kier alpha value is -3.15. The third-order valence-corrected chi connectivity index (χ3v) is 11.7. The summed E-state index contributed by atoms with van der Waals surface area (Å²) in [6, 6.07) is 0. The lowest BCUT2D eigenvalue weighted by Crippen LogP contribution is -2.30. The van der Waals surface area contributed by atoms with Crippen LogP contribution in [-0.4, -0.2) is 37.2 Å². The Morgan fingerprint density at radius 3 is 0.954 bits per heavy atom. The molecule has 0 saturated carbocycles. The SMILES string of the molecule is CC/C=C\C/C=C\C/C=C\C/C=C\CCCCCCCCC(=O)OCC(COC(=O)CCCCCCCCCCCCCC)OC(=O)CCCCCCC/C=C\C/C=C\CCCCCC. The summed E-state index contributed by atoms with van der Waals surface area (Å²) in [4.78, 5) is 38.1. The number of esters is 3. The first-order valence-electron chi connectivity index (χ1n) is 27.4. The van der Waals surface area contributed by atoms with E-state index in [-0.39, 0.29) is 31.1 Å². The third kappa shape index (κ3) is 51.7. The van der Waals surface area contributed by atoms with E-state index >= 15 is 0 Å². The number of rotatable bonds is 49. The lowest BCUT2D eigenvalue weighted by Gasteiger charge is -2.18. The van der Waals surface area contributed by atoms with Crippen molar-refractivity contribution >= 4 is 17.9 Å². The van der Waals surface area contributed by atoms with Crippen LogP contribution in [0.3, 0.4) is 0 Å². The summed E-state index contributed by atoms with van der Waals surface area (Å²) in [6.07, 6.45) is 67.4. The molecule has 1 atom stereocenters. The highest BCUT2D eigenvalue weighted by Crippen LogP contribution is 2.15. The molecule has 374 valence electrons. The fourth-order valence-corrected chi connectivity index (χ4v) is 7.58. The van der Waals surface area contributed by atoms with Crippen LogP contribution in [0.2, 0.25) is 0 Å². The molecule has 65 heavy (non-hydrogen) atoms. The zero-order chi connectivity index (χ0) is 47.2. The Labute approximate surface area is 402 Å². The van der Waals surface area contributed by atoms with Gasteiger partial charge in [0.2, 0.25) is 0 Å². The largest absolute Gasteiger partial charge is 0.462 e. The van der Waals surface area contributed by atoms with E-state index in [2.05, 4.69) is 93.7 Å². The molecular weight excluding hydrogens is 805 g/mol. The molecule has 0 heterocycles. The summed E-state index contributed by atoms with van der Waals surface area (Å²) in [5.41, 5.74) is 0. The molecule has 0 aromatic carbocycles. The predicted octanol–water partition coefficient (Wildman–Crippen LogP) is 18.2. The summed E-state index contributed by atoms with van der Waals surface area (Å²) in [6.45, 7) is 6.49. The highest BCUT2D eigenvalue weighted by atomic mass is 16.6.